The van der Waals surface area contributed by atoms with Crippen LogP contribution in [0.5, 0.6) is 11.5 Å². The molecule has 3 atom stereocenters. The Morgan fingerprint density at radius 1 is 1.12 bits per heavy atom. The average molecular weight is 710 g/mol. The number of methoxy groups -OCH3 is 2. The molecule has 5 rings (SSSR count). The summed E-state index contributed by atoms with van der Waals surface area (Å²) < 4.78 is 95.3. The monoisotopic (exact) mass is 709 g/mol. The summed E-state index contributed by atoms with van der Waals surface area (Å²) in [5.41, 5.74) is 4.41. The summed E-state index contributed by atoms with van der Waals surface area (Å²) in [5, 5.41) is 14.2. The molecule has 0 unspecified atom stereocenters. The maximum absolute atomic E-state index is 15.8. The molecule has 1 aliphatic carbocycles. The number of aliphatic hydroxyl groups is 1. The summed E-state index contributed by atoms with van der Waals surface area (Å²) >= 11 is 6.51. The SMILES string of the molecule is COc1ccc(CN(c2ccncn2)S(=O)(=O)c2cc(Cl)c(N[C@@H]3CC[C@](O)(c4cccc(C(F)(F)F)c4)C[C@H]3N)cc2F)c(OC)c1. The summed E-state index contributed by atoms with van der Waals surface area (Å²) in [6, 6.07) is 11.2. The lowest BCUT2D eigenvalue weighted by Crippen LogP contribution is -2.50. The largest absolute Gasteiger partial charge is 0.497 e. The number of aromatic nitrogens is 2. The Morgan fingerprint density at radius 2 is 1.90 bits per heavy atom. The third-order valence-corrected chi connectivity index (χ3v) is 10.3. The molecule has 16 heteroatoms. The molecule has 0 amide bonds. The van der Waals surface area contributed by atoms with E-state index < -0.39 is 50.2 Å². The Bertz CT molecular complexity index is 1890. The molecule has 0 spiro atoms. The van der Waals surface area contributed by atoms with Crippen LogP contribution in [0.15, 0.2) is 78.1 Å². The molecule has 0 aliphatic heterocycles. The van der Waals surface area contributed by atoms with Gasteiger partial charge in [0.1, 0.15) is 34.4 Å². The number of sulfonamides is 1. The number of nitrogens with one attached hydrogen (secondary N) is 1. The first-order chi connectivity index (χ1) is 22.7. The van der Waals surface area contributed by atoms with E-state index in [0.717, 1.165) is 34.9 Å². The van der Waals surface area contributed by atoms with E-state index in [0.29, 0.717) is 17.1 Å². The highest BCUT2D eigenvalue weighted by Crippen LogP contribution is 2.41. The van der Waals surface area contributed by atoms with Crippen LogP contribution in [0.2, 0.25) is 5.02 Å². The van der Waals surface area contributed by atoms with Crippen LogP contribution in [0, 0.1) is 5.82 Å². The van der Waals surface area contributed by atoms with Gasteiger partial charge in [-0.05, 0) is 61.2 Å². The van der Waals surface area contributed by atoms with Crippen LogP contribution in [0.3, 0.4) is 0 Å². The molecule has 4 N–H and O–H groups in total. The molecule has 1 aliphatic rings. The second kappa shape index (κ2) is 13.7. The third kappa shape index (κ3) is 7.28. The smallest absolute Gasteiger partial charge is 0.416 e. The second-order valence-electron chi connectivity index (χ2n) is 11.3. The first kappa shape index (κ1) is 35.1. The predicted molar refractivity (Wildman–Crippen MR) is 171 cm³/mol. The zero-order valence-corrected chi connectivity index (χ0v) is 27.3. The molecule has 256 valence electrons. The lowest BCUT2D eigenvalue weighted by molar-refractivity contribution is -0.137. The van der Waals surface area contributed by atoms with Gasteiger partial charge >= 0.3 is 6.18 Å². The summed E-state index contributed by atoms with van der Waals surface area (Å²) in [5.74, 6) is -0.356. The number of rotatable bonds is 10. The second-order valence-corrected chi connectivity index (χ2v) is 13.5. The van der Waals surface area contributed by atoms with Crippen molar-refractivity contribution in [1.29, 1.82) is 0 Å². The van der Waals surface area contributed by atoms with Gasteiger partial charge in [0.05, 0.1) is 42.6 Å². The van der Waals surface area contributed by atoms with E-state index in [1.165, 1.54) is 38.6 Å². The van der Waals surface area contributed by atoms with Gasteiger partial charge in [-0.1, -0.05) is 23.7 Å². The van der Waals surface area contributed by atoms with Gasteiger partial charge in [0.25, 0.3) is 10.0 Å². The van der Waals surface area contributed by atoms with E-state index in [4.69, 9.17) is 26.8 Å². The number of nitrogens with two attached hydrogens (primary N) is 1. The number of ether oxygens (including phenoxy) is 2. The first-order valence-corrected chi connectivity index (χ1v) is 16.4. The highest BCUT2D eigenvalue weighted by atomic mass is 35.5. The number of nitrogens with zero attached hydrogens (tertiary/aromatic N) is 3. The predicted octanol–water partition coefficient (Wildman–Crippen LogP) is 5.88. The van der Waals surface area contributed by atoms with E-state index in [1.54, 1.807) is 18.2 Å². The van der Waals surface area contributed by atoms with Crippen molar-refractivity contribution in [2.75, 3.05) is 23.8 Å². The Morgan fingerprint density at radius 3 is 2.54 bits per heavy atom. The standard InChI is InChI=1S/C32H32ClF4N5O5S/c1-46-22-7-6-19(28(13-22)47-2)17-42(30-9-11-39-18-40-30)48(44,45)29-14-23(33)27(15-24(29)34)41-26-8-10-31(43,16-25(26)38)20-4-3-5-21(12-20)32(35,36)37/h3-7,9,11-15,18,25-26,41,43H,8,10,16-17,38H2,1-2H3/t25-,26-,31-/m1/s1. The molecule has 1 heterocycles. The molecular formula is C32H32ClF4N5O5S. The van der Waals surface area contributed by atoms with Crippen LogP contribution in [-0.2, 0) is 28.3 Å². The minimum atomic E-state index is -4.64. The van der Waals surface area contributed by atoms with Crippen LogP contribution in [0.25, 0.3) is 0 Å². The fourth-order valence-electron chi connectivity index (χ4n) is 5.68. The zero-order valence-electron chi connectivity index (χ0n) is 25.7. The van der Waals surface area contributed by atoms with Crippen molar-refractivity contribution in [3.05, 3.63) is 101 Å². The molecule has 1 saturated carbocycles. The quantitative estimate of drug-likeness (QED) is 0.172. The molecule has 3 aromatic carbocycles. The van der Waals surface area contributed by atoms with Crippen LogP contribution >= 0.6 is 11.6 Å². The van der Waals surface area contributed by atoms with E-state index in [2.05, 4.69) is 15.3 Å². The Kier molecular flexibility index (Phi) is 10.1. The molecule has 0 bridgehead atoms. The maximum Gasteiger partial charge on any atom is 0.416 e. The van der Waals surface area contributed by atoms with Gasteiger partial charge in [-0.15, -0.1) is 0 Å². The molecule has 0 radical (unpaired) electrons. The zero-order chi connectivity index (χ0) is 34.9. The molecular weight excluding hydrogens is 678 g/mol. The van der Waals surface area contributed by atoms with Crippen LogP contribution < -0.4 is 24.8 Å². The van der Waals surface area contributed by atoms with Crippen molar-refractivity contribution in [3.8, 4) is 11.5 Å². The van der Waals surface area contributed by atoms with Crippen molar-refractivity contribution >= 4 is 33.1 Å². The fraction of sp³-hybridized carbons (Fsp3) is 0.312. The Hall–Kier alpha value is -4.18. The van der Waals surface area contributed by atoms with E-state index in [-0.39, 0.29) is 47.9 Å². The number of anilines is 2. The number of halogens is 5. The number of alkyl halides is 3. The van der Waals surface area contributed by atoms with Gasteiger partial charge in [0.2, 0.25) is 0 Å². The summed E-state index contributed by atoms with van der Waals surface area (Å²) in [6.07, 6.45) is -1.94. The van der Waals surface area contributed by atoms with Crippen LogP contribution in [0.4, 0.5) is 29.1 Å². The summed E-state index contributed by atoms with van der Waals surface area (Å²) in [4.78, 5) is 7.19. The van der Waals surface area contributed by atoms with Crippen molar-refractivity contribution in [1.82, 2.24) is 9.97 Å². The van der Waals surface area contributed by atoms with E-state index in [9.17, 15) is 26.7 Å². The van der Waals surface area contributed by atoms with Crippen molar-refractivity contribution in [3.63, 3.8) is 0 Å². The van der Waals surface area contributed by atoms with E-state index in [1.807, 2.05) is 0 Å². The number of benzene rings is 3. The van der Waals surface area contributed by atoms with Gasteiger partial charge in [-0.25, -0.2) is 27.1 Å². The average Bonchev–Trinajstić information content (AvgIpc) is 3.06. The van der Waals surface area contributed by atoms with Crippen LogP contribution in [-0.4, -0.2) is 49.8 Å². The summed E-state index contributed by atoms with van der Waals surface area (Å²) in [7, 11) is -1.75. The lowest BCUT2D eigenvalue weighted by Gasteiger charge is -2.41. The van der Waals surface area contributed by atoms with Gasteiger partial charge in [0, 0.05) is 36.0 Å². The molecule has 10 nitrogen and oxygen atoms in total. The van der Waals surface area contributed by atoms with Crippen molar-refractivity contribution in [2.45, 2.75) is 54.6 Å². The van der Waals surface area contributed by atoms with Gasteiger partial charge in [0.15, 0.2) is 0 Å². The molecule has 4 aromatic rings. The van der Waals surface area contributed by atoms with Crippen LogP contribution in [0.1, 0.15) is 36.0 Å². The summed E-state index contributed by atoms with van der Waals surface area (Å²) in [6.45, 7) is -0.296. The topological polar surface area (TPSA) is 140 Å². The normalized spacial score (nSPS) is 19.9. The van der Waals surface area contributed by atoms with Gasteiger partial charge in [-0.3, -0.25) is 0 Å². The number of hydrogen-bond acceptors (Lipinski definition) is 9. The van der Waals surface area contributed by atoms with E-state index >= 15 is 4.39 Å². The molecule has 0 saturated heterocycles. The van der Waals surface area contributed by atoms with Gasteiger partial charge < -0.3 is 25.6 Å². The lowest BCUT2D eigenvalue weighted by atomic mass is 9.75. The molecule has 1 aromatic heterocycles. The maximum atomic E-state index is 15.8. The molecule has 1 fully saturated rings. The highest BCUT2D eigenvalue weighted by Gasteiger charge is 2.41. The highest BCUT2D eigenvalue weighted by molar-refractivity contribution is 7.92. The minimum Gasteiger partial charge on any atom is -0.497 e. The Balaban J connectivity index is 1.40. The van der Waals surface area contributed by atoms with Gasteiger partial charge in [-0.2, -0.15) is 13.2 Å². The van der Waals surface area contributed by atoms with Crippen molar-refractivity contribution < 1.29 is 40.6 Å². The minimum absolute atomic E-state index is 0.0398. The number of hydrogen-bond donors (Lipinski definition) is 3. The van der Waals surface area contributed by atoms with Crippen molar-refractivity contribution in [2.24, 2.45) is 5.73 Å². The molecule has 48 heavy (non-hydrogen) atoms. The third-order valence-electron chi connectivity index (χ3n) is 8.25. The first-order valence-electron chi connectivity index (χ1n) is 14.6. The Labute approximate surface area is 279 Å². The fourth-order valence-corrected chi connectivity index (χ4v) is 7.44.